The van der Waals surface area contributed by atoms with Gasteiger partial charge in [0.05, 0.1) is 9.35 Å². The van der Waals surface area contributed by atoms with E-state index in [4.69, 9.17) is 27.5 Å². The number of fused-ring (bicyclic) bond motifs is 1. The average molecular weight is 454 g/mol. The molecule has 0 aliphatic carbocycles. The number of phosphoric acid groups is 1. The summed E-state index contributed by atoms with van der Waals surface area (Å²) in [5.74, 6) is -1.21. The standard InChI is InChI=1S/C19H18FN2O8P/c1-3-12-8-22(18(25)21-16(12)24)17-14(23)7-19(20,29-17)10-28-31(26)27-9-13-6-4-5-11(2)15(13)30-31/h1,4-6,8,14,17,23H,7,9-10H2,2H3,(H,21,24,25)/t14-,17-,19+,31?/m1/s1/i10D2. The molecule has 1 aromatic heterocycles. The maximum Gasteiger partial charge on any atom is 0.530 e. The van der Waals surface area contributed by atoms with E-state index in [-0.39, 0.29) is 17.9 Å². The normalized spacial score (nSPS) is 31.2. The molecule has 2 aromatic rings. The Morgan fingerprint density at radius 1 is 1.55 bits per heavy atom. The smallest absolute Gasteiger partial charge is 0.403 e. The largest absolute Gasteiger partial charge is 0.530 e. The quantitative estimate of drug-likeness (QED) is 0.526. The van der Waals surface area contributed by atoms with Crippen LogP contribution in [0.3, 0.4) is 0 Å². The number of H-pyrrole nitrogens is 1. The highest BCUT2D eigenvalue weighted by Gasteiger charge is 2.50. The summed E-state index contributed by atoms with van der Waals surface area (Å²) in [6, 6.07) is 5.02. The number of alkyl halides is 1. The van der Waals surface area contributed by atoms with Crippen molar-refractivity contribution in [3.8, 4) is 18.1 Å². The fraction of sp³-hybridized carbons (Fsp3) is 0.368. The maximum absolute atomic E-state index is 15.6. The summed E-state index contributed by atoms with van der Waals surface area (Å²) in [4.78, 5) is 25.7. The van der Waals surface area contributed by atoms with Crippen LogP contribution in [0.1, 0.15) is 32.1 Å². The Bertz CT molecular complexity index is 1320. The van der Waals surface area contributed by atoms with Gasteiger partial charge in [0, 0.05) is 18.2 Å². The Kier molecular flexibility index (Phi) is 4.74. The first-order chi connectivity index (χ1) is 15.4. The molecule has 0 radical (unpaired) electrons. The second kappa shape index (κ2) is 7.75. The lowest BCUT2D eigenvalue weighted by molar-refractivity contribution is -0.179. The van der Waals surface area contributed by atoms with Crippen molar-refractivity contribution in [3.63, 3.8) is 0 Å². The van der Waals surface area contributed by atoms with E-state index >= 15 is 4.39 Å². The van der Waals surface area contributed by atoms with Crippen LogP contribution >= 0.6 is 7.82 Å². The molecule has 2 aliphatic heterocycles. The Morgan fingerprint density at radius 3 is 3.06 bits per heavy atom. The first-order valence-corrected chi connectivity index (χ1v) is 10.4. The predicted octanol–water partition coefficient (Wildman–Crippen LogP) is 1.51. The number of hydrogen-bond donors (Lipinski definition) is 2. The number of para-hydroxylation sites is 1. The summed E-state index contributed by atoms with van der Waals surface area (Å²) in [6.07, 6.45) is 1.50. The Balaban J connectivity index is 1.61. The van der Waals surface area contributed by atoms with Crippen LogP contribution in [-0.4, -0.2) is 33.2 Å². The molecule has 4 atom stereocenters. The molecule has 0 bridgehead atoms. The molecule has 12 heteroatoms. The molecule has 10 nitrogen and oxygen atoms in total. The number of ether oxygens (including phenoxy) is 1. The van der Waals surface area contributed by atoms with Gasteiger partial charge in [-0.2, -0.15) is 0 Å². The zero-order valence-corrected chi connectivity index (χ0v) is 16.9. The highest BCUT2D eigenvalue weighted by atomic mass is 31.2. The van der Waals surface area contributed by atoms with Gasteiger partial charge in [-0.25, -0.2) is 13.8 Å². The highest BCUT2D eigenvalue weighted by Crippen LogP contribution is 2.56. The third-order valence-electron chi connectivity index (χ3n) is 4.69. The van der Waals surface area contributed by atoms with E-state index in [0.29, 0.717) is 15.7 Å². The van der Waals surface area contributed by atoms with Crippen LogP contribution in [-0.2, 0) is 25.0 Å². The number of aromatic nitrogens is 2. The van der Waals surface area contributed by atoms with Gasteiger partial charge in [0.1, 0.15) is 24.0 Å². The predicted molar refractivity (Wildman–Crippen MR) is 104 cm³/mol. The summed E-state index contributed by atoms with van der Waals surface area (Å²) in [5.41, 5.74) is -1.15. The van der Waals surface area contributed by atoms with Crippen LogP contribution in [0.4, 0.5) is 4.39 Å². The third kappa shape index (κ3) is 4.08. The SMILES string of the molecule is [2H]C([2H])(OP1(=O)OCc2cccc(C)c2O1)[C@]1(F)C[C@@H](O)[C@H](n2cc(C#C)c(=O)[nH]c2=O)O1. The minimum Gasteiger partial charge on any atom is -0.403 e. The second-order valence-electron chi connectivity index (χ2n) is 6.93. The molecule has 3 heterocycles. The number of aliphatic hydroxyl groups excluding tert-OH is 1. The third-order valence-corrected chi connectivity index (χ3v) is 5.86. The molecule has 164 valence electrons. The number of halogens is 1. The van der Waals surface area contributed by atoms with Gasteiger partial charge in [-0.1, -0.05) is 24.1 Å². The van der Waals surface area contributed by atoms with Gasteiger partial charge in [-0.05, 0) is 12.5 Å². The van der Waals surface area contributed by atoms with Crippen molar-refractivity contribution < 1.29 is 35.1 Å². The number of aromatic amines is 1. The van der Waals surface area contributed by atoms with E-state index in [2.05, 4.69) is 0 Å². The Labute approximate surface area is 178 Å². The van der Waals surface area contributed by atoms with Crippen LogP contribution in [0.15, 0.2) is 34.0 Å². The van der Waals surface area contributed by atoms with Gasteiger partial charge in [0.2, 0.25) is 5.85 Å². The van der Waals surface area contributed by atoms with Crippen LogP contribution in [0.25, 0.3) is 0 Å². The lowest BCUT2D eigenvalue weighted by Gasteiger charge is -2.28. The molecule has 1 fully saturated rings. The van der Waals surface area contributed by atoms with Crippen molar-refractivity contribution in [1.29, 1.82) is 0 Å². The van der Waals surface area contributed by atoms with Crippen molar-refractivity contribution >= 4 is 7.82 Å². The van der Waals surface area contributed by atoms with E-state index < -0.39 is 50.2 Å². The zero-order valence-electron chi connectivity index (χ0n) is 18.0. The lowest BCUT2D eigenvalue weighted by Crippen LogP contribution is -2.37. The van der Waals surface area contributed by atoms with Crippen molar-refractivity contribution in [1.82, 2.24) is 9.55 Å². The van der Waals surface area contributed by atoms with E-state index in [9.17, 15) is 19.3 Å². The fourth-order valence-corrected chi connectivity index (χ4v) is 4.36. The van der Waals surface area contributed by atoms with E-state index in [0.717, 1.165) is 6.20 Å². The summed E-state index contributed by atoms with van der Waals surface area (Å²) in [6.45, 7) is -2.04. The van der Waals surface area contributed by atoms with Crippen molar-refractivity contribution in [3.05, 3.63) is 61.9 Å². The topological polar surface area (TPSA) is 129 Å². The molecule has 2 aliphatic rings. The van der Waals surface area contributed by atoms with E-state index in [1.54, 1.807) is 25.1 Å². The van der Waals surface area contributed by atoms with Crippen LogP contribution in [0, 0.1) is 19.3 Å². The average Bonchev–Trinajstić information content (AvgIpc) is 3.04. The van der Waals surface area contributed by atoms with Crippen molar-refractivity contribution in [2.24, 2.45) is 0 Å². The van der Waals surface area contributed by atoms with Gasteiger partial charge in [-0.3, -0.25) is 23.4 Å². The molecule has 2 N–H and O–H groups in total. The first kappa shape index (κ1) is 19.0. The molecular formula is C19H18FN2O8P. The number of benzene rings is 1. The van der Waals surface area contributed by atoms with E-state index in [1.807, 2.05) is 10.9 Å². The number of terminal acetylenes is 1. The second-order valence-corrected chi connectivity index (χ2v) is 8.45. The fourth-order valence-electron chi connectivity index (χ4n) is 3.19. The van der Waals surface area contributed by atoms with Crippen LogP contribution < -0.4 is 15.8 Å². The Hall–Kier alpha value is -2.74. The molecule has 1 aromatic carbocycles. The molecule has 0 spiro atoms. The van der Waals surface area contributed by atoms with Gasteiger partial charge in [-0.15, -0.1) is 6.42 Å². The summed E-state index contributed by atoms with van der Waals surface area (Å²) < 4.78 is 65.5. The van der Waals surface area contributed by atoms with Gasteiger partial charge >= 0.3 is 13.5 Å². The summed E-state index contributed by atoms with van der Waals surface area (Å²) in [5, 5.41) is 10.3. The van der Waals surface area contributed by atoms with Crippen LogP contribution in [0.2, 0.25) is 0 Å². The molecule has 1 unspecified atom stereocenters. The number of hydrogen-bond acceptors (Lipinski definition) is 8. The van der Waals surface area contributed by atoms with Gasteiger partial charge in [0.15, 0.2) is 6.23 Å². The molecule has 0 saturated carbocycles. The monoisotopic (exact) mass is 454 g/mol. The van der Waals surface area contributed by atoms with Gasteiger partial charge < -0.3 is 14.4 Å². The number of phosphoric ester groups is 1. The molecule has 1 saturated heterocycles. The molecule has 0 amide bonds. The minimum atomic E-state index is -4.65. The molecule has 31 heavy (non-hydrogen) atoms. The Morgan fingerprint density at radius 2 is 2.32 bits per heavy atom. The van der Waals surface area contributed by atoms with Gasteiger partial charge in [0.25, 0.3) is 5.56 Å². The highest BCUT2D eigenvalue weighted by molar-refractivity contribution is 7.49. The molecule has 4 rings (SSSR count). The number of rotatable bonds is 4. The van der Waals surface area contributed by atoms with Crippen molar-refractivity contribution in [2.45, 2.75) is 38.1 Å². The summed E-state index contributed by atoms with van der Waals surface area (Å²) >= 11 is 0. The summed E-state index contributed by atoms with van der Waals surface area (Å²) in [7, 11) is -4.65. The molecular weight excluding hydrogens is 434 g/mol. The van der Waals surface area contributed by atoms with Crippen LogP contribution in [0.5, 0.6) is 5.75 Å². The van der Waals surface area contributed by atoms with Crippen molar-refractivity contribution in [2.75, 3.05) is 6.56 Å². The number of nitrogens with one attached hydrogen (secondary N) is 1. The number of aliphatic hydroxyl groups is 1. The first-order valence-electron chi connectivity index (χ1n) is 9.98. The zero-order chi connectivity index (χ0) is 24.2. The lowest BCUT2D eigenvalue weighted by atomic mass is 10.1. The number of nitrogens with zero attached hydrogens (tertiary/aromatic N) is 1. The van der Waals surface area contributed by atoms with E-state index in [1.165, 1.54) is 0 Å². The maximum atomic E-state index is 15.6. The minimum absolute atomic E-state index is 0.155. The number of aryl methyl sites for hydroxylation is 1.